The molecule has 132 valence electrons. The Morgan fingerprint density at radius 2 is 2.12 bits per heavy atom. The first-order valence-electron chi connectivity index (χ1n) is 8.61. The highest BCUT2D eigenvalue weighted by molar-refractivity contribution is 5.89. The van der Waals surface area contributed by atoms with Crippen LogP contribution in [0, 0.1) is 5.92 Å². The lowest BCUT2D eigenvalue weighted by Gasteiger charge is -2.16. The van der Waals surface area contributed by atoms with Gasteiger partial charge in [-0.2, -0.15) is 5.10 Å². The predicted octanol–water partition coefficient (Wildman–Crippen LogP) is 1.35. The summed E-state index contributed by atoms with van der Waals surface area (Å²) in [5.41, 5.74) is 1.99. The largest absolute Gasteiger partial charge is 0.352 e. The summed E-state index contributed by atoms with van der Waals surface area (Å²) in [5.74, 6) is -0.346. The second-order valence-corrected chi connectivity index (χ2v) is 6.36. The van der Waals surface area contributed by atoms with E-state index in [9.17, 15) is 9.59 Å². The zero-order valence-electron chi connectivity index (χ0n) is 14.4. The number of hydrogen-bond acceptors (Lipinski definition) is 4. The molecule has 0 radical (unpaired) electrons. The number of nitrogens with one attached hydrogen (secondary N) is 1. The van der Waals surface area contributed by atoms with Crippen molar-refractivity contribution in [2.24, 2.45) is 5.92 Å². The summed E-state index contributed by atoms with van der Waals surface area (Å²) in [6.45, 7) is 4.39. The van der Waals surface area contributed by atoms with Crippen LogP contribution in [0.1, 0.15) is 30.9 Å². The summed E-state index contributed by atoms with van der Waals surface area (Å²) in [5, 5.41) is 7.17. The Bertz CT molecular complexity index is 728. The third-order valence-corrected chi connectivity index (χ3v) is 4.31. The van der Waals surface area contributed by atoms with Crippen LogP contribution in [0.25, 0.3) is 0 Å². The Labute approximate surface area is 147 Å². The molecule has 1 saturated heterocycles. The summed E-state index contributed by atoms with van der Waals surface area (Å²) in [7, 11) is 0. The van der Waals surface area contributed by atoms with E-state index in [-0.39, 0.29) is 24.2 Å². The topological polar surface area (TPSA) is 80.1 Å². The molecule has 2 aromatic heterocycles. The molecule has 3 heterocycles. The summed E-state index contributed by atoms with van der Waals surface area (Å²) < 4.78 is 1.87. The van der Waals surface area contributed by atoms with Gasteiger partial charge < -0.3 is 10.2 Å². The highest BCUT2D eigenvalue weighted by atomic mass is 16.2. The fourth-order valence-corrected chi connectivity index (χ4v) is 2.99. The van der Waals surface area contributed by atoms with Crippen LogP contribution in [0.3, 0.4) is 0 Å². The lowest BCUT2D eigenvalue weighted by atomic mass is 10.1. The van der Waals surface area contributed by atoms with E-state index in [2.05, 4.69) is 22.3 Å². The first-order chi connectivity index (χ1) is 12.2. The molecule has 0 saturated carbocycles. The number of nitrogens with zero attached hydrogens (tertiary/aromatic N) is 4. The van der Waals surface area contributed by atoms with Gasteiger partial charge in [-0.3, -0.25) is 19.3 Å². The monoisotopic (exact) mass is 341 g/mol. The van der Waals surface area contributed by atoms with Crippen molar-refractivity contribution in [1.29, 1.82) is 0 Å². The molecule has 1 fully saturated rings. The highest BCUT2D eigenvalue weighted by Crippen LogP contribution is 2.20. The number of aryl methyl sites for hydroxylation is 1. The van der Waals surface area contributed by atoms with Crippen molar-refractivity contribution in [1.82, 2.24) is 25.0 Å². The molecular formula is C18H23N5O2. The van der Waals surface area contributed by atoms with Crippen LogP contribution in [-0.2, 0) is 29.2 Å². The van der Waals surface area contributed by atoms with Crippen LogP contribution < -0.4 is 5.32 Å². The number of rotatable bonds is 7. The van der Waals surface area contributed by atoms with Crippen molar-refractivity contribution < 1.29 is 9.59 Å². The first-order valence-corrected chi connectivity index (χ1v) is 8.61. The molecule has 1 aliphatic heterocycles. The fraction of sp³-hybridized carbons (Fsp3) is 0.444. The van der Waals surface area contributed by atoms with E-state index in [0.717, 1.165) is 24.1 Å². The molecule has 1 atom stereocenters. The van der Waals surface area contributed by atoms with Gasteiger partial charge in [0, 0.05) is 56.8 Å². The minimum absolute atomic E-state index is 0.0210. The second-order valence-electron chi connectivity index (χ2n) is 6.36. The highest BCUT2D eigenvalue weighted by Gasteiger charge is 2.34. The molecule has 3 rings (SSSR count). The molecule has 0 aromatic carbocycles. The average Bonchev–Trinajstić information content (AvgIpc) is 3.21. The number of hydrogen-bond donors (Lipinski definition) is 1. The zero-order chi connectivity index (χ0) is 17.6. The molecule has 0 bridgehead atoms. The van der Waals surface area contributed by atoms with Gasteiger partial charge in [-0.15, -0.1) is 0 Å². The van der Waals surface area contributed by atoms with Crippen molar-refractivity contribution in [2.75, 3.05) is 6.54 Å². The summed E-state index contributed by atoms with van der Waals surface area (Å²) in [6, 6.07) is 3.77. The standard InChI is InChI=1S/C18H23N5O2/c1-2-7-23-12-15(10-21-23)9-20-18(25)16-8-17(24)22(13-16)11-14-3-5-19-6-4-14/h3-6,10,12,16H,2,7-9,11,13H2,1H3,(H,20,25). The Kier molecular flexibility index (Phi) is 5.42. The van der Waals surface area contributed by atoms with Crippen molar-refractivity contribution in [3.05, 3.63) is 48.0 Å². The van der Waals surface area contributed by atoms with Crippen molar-refractivity contribution in [3.8, 4) is 0 Å². The van der Waals surface area contributed by atoms with E-state index in [1.54, 1.807) is 23.5 Å². The van der Waals surface area contributed by atoms with Crippen molar-refractivity contribution >= 4 is 11.8 Å². The SMILES string of the molecule is CCCn1cc(CNC(=O)C2CC(=O)N(Cc3ccncc3)C2)cn1. The van der Waals surface area contributed by atoms with E-state index < -0.39 is 0 Å². The quantitative estimate of drug-likeness (QED) is 0.824. The Hall–Kier alpha value is -2.70. The second kappa shape index (κ2) is 7.92. The maximum Gasteiger partial charge on any atom is 0.225 e. The average molecular weight is 341 g/mol. The molecule has 7 nitrogen and oxygen atoms in total. The molecule has 0 spiro atoms. The van der Waals surface area contributed by atoms with Gasteiger partial charge in [0.05, 0.1) is 12.1 Å². The number of likely N-dealkylation sites (tertiary alicyclic amines) is 1. The van der Waals surface area contributed by atoms with Gasteiger partial charge in [-0.05, 0) is 24.1 Å². The third kappa shape index (κ3) is 4.43. The van der Waals surface area contributed by atoms with Gasteiger partial charge in [0.1, 0.15) is 0 Å². The Balaban J connectivity index is 1.50. The van der Waals surface area contributed by atoms with E-state index in [0.29, 0.717) is 19.6 Å². The van der Waals surface area contributed by atoms with E-state index in [4.69, 9.17) is 0 Å². The summed E-state index contributed by atoms with van der Waals surface area (Å²) in [4.78, 5) is 30.2. The lowest BCUT2D eigenvalue weighted by Crippen LogP contribution is -2.32. The molecule has 25 heavy (non-hydrogen) atoms. The normalized spacial score (nSPS) is 17.1. The maximum atomic E-state index is 12.4. The van der Waals surface area contributed by atoms with Crippen molar-refractivity contribution in [2.45, 2.75) is 39.4 Å². The minimum Gasteiger partial charge on any atom is -0.352 e. The van der Waals surface area contributed by atoms with E-state index in [1.807, 2.05) is 23.0 Å². The maximum absolute atomic E-state index is 12.4. The molecule has 1 aliphatic rings. The van der Waals surface area contributed by atoms with Crippen LogP contribution in [0.2, 0.25) is 0 Å². The summed E-state index contributed by atoms with van der Waals surface area (Å²) >= 11 is 0. The Morgan fingerprint density at radius 1 is 1.32 bits per heavy atom. The Morgan fingerprint density at radius 3 is 2.88 bits per heavy atom. The van der Waals surface area contributed by atoms with Gasteiger partial charge in [0.2, 0.25) is 11.8 Å². The molecule has 2 aromatic rings. The number of aromatic nitrogens is 3. The van der Waals surface area contributed by atoms with Crippen LogP contribution in [0.15, 0.2) is 36.9 Å². The molecule has 1 unspecified atom stereocenters. The predicted molar refractivity (Wildman–Crippen MR) is 92.1 cm³/mol. The van der Waals surface area contributed by atoms with Crippen LogP contribution in [0.5, 0.6) is 0 Å². The van der Waals surface area contributed by atoms with Gasteiger partial charge >= 0.3 is 0 Å². The van der Waals surface area contributed by atoms with E-state index in [1.165, 1.54) is 0 Å². The minimum atomic E-state index is -0.292. The van der Waals surface area contributed by atoms with Crippen LogP contribution in [0.4, 0.5) is 0 Å². The van der Waals surface area contributed by atoms with E-state index >= 15 is 0 Å². The molecule has 1 N–H and O–H groups in total. The molecule has 2 amide bonds. The molecule has 7 heteroatoms. The van der Waals surface area contributed by atoms with Gasteiger partial charge in [0.15, 0.2) is 0 Å². The third-order valence-electron chi connectivity index (χ3n) is 4.31. The number of carbonyl (C=O) groups excluding carboxylic acids is 2. The van der Waals surface area contributed by atoms with Crippen molar-refractivity contribution in [3.63, 3.8) is 0 Å². The number of amides is 2. The van der Waals surface area contributed by atoms with Gasteiger partial charge in [-0.1, -0.05) is 6.92 Å². The van der Waals surface area contributed by atoms with Gasteiger partial charge in [-0.25, -0.2) is 0 Å². The van der Waals surface area contributed by atoms with Crippen LogP contribution in [-0.4, -0.2) is 38.0 Å². The smallest absolute Gasteiger partial charge is 0.225 e. The summed E-state index contributed by atoms with van der Waals surface area (Å²) in [6.07, 6.45) is 8.42. The number of pyridine rings is 1. The molecular weight excluding hydrogens is 318 g/mol. The zero-order valence-corrected chi connectivity index (χ0v) is 14.4. The van der Waals surface area contributed by atoms with Gasteiger partial charge in [0.25, 0.3) is 0 Å². The fourth-order valence-electron chi connectivity index (χ4n) is 2.99. The molecule has 0 aliphatic carbocycles. The number of carbonyl (C=O) groups is 2. The lowest BCUT2D eigenvalue weighted by molar-refractivity contribution is -0.129. The van der Waals surface area contributed by atoms with Crippen LogP contribution >= 0.6 is 0 Å². The first kappa shape index (κ1) is 17.1.